The molecule has 6 N–H and O–H groups in total. The molecule has 0 bridgehead atoms. The van der Waals surface area contributed by atoms with Crippen LogP contribution in [-0.4, -0.2) is 92.1 Å². The topological polar surface area (TPSA) is 162 Å². The van der Waals surface area contributed by atoms with Crippen LogP contribution in [0.5, 0.6) is 5.75 Å². The Morgan fingerprint density at radius 1 is 1.13 bits per heavy atom. The summed E-state index contributed by atoms with van der Waals surface area (Å²) in [6, 6.07) is 4.06. The number of esters is 1. The number of unbranched alkanes of at least 4 members (excludes halogenated alkanes) is 2. The van der Waals surface area contributed by atoms with Crippen LogP contribution in [0.15, 0.2) is 54.3 Å². The molecule has 2 unspecified atom stereocenters. The minimum absolute atomic E-state index is 0.0597. The zero-order valence-electron chi connectivity index (χ0n) is 26.2. The van der Waals surface area contributed by atoms with Gasteiger partial charge in [0, 0.05) is 32.2 Å². The first-order chi connectivity index (χ1) is 21.9. The second-order valence-electron chi connectivity index (χ2n) is 11.7. The minimum Gasteiger partial charge on any atom is -0.507 e. The highest BCUT2D eigenvalue weighted by molar-refractivity contribution is 5.94. The molecule has 4 rings (SSSR count). The fourth-order valence-electron chi connectivity index (χ4n) is 5.84. The van der Waals surface area contributed by atoms with Crippen LogP contribution in [0, 0.1) is 5.92 Å². The van der Waals surface area contributed by atoms with Crippen molar-refractivity contribution in [3.8, 4) is 5.75 Å². The van der Waals surface area contributed by atoms with E-state index >= 15 is 0 Å². The van der Waals surface area contributed by atoms with Gasteiger partial charge in [0.2, 0.25) is 5.91 Å². The maximum Gasteiger partial charge on any atom is 0.342 e. The minimum atomic E-state index is -1.21. The number of hydrogen-bond acceptors (Lipinski definition) is 10. The van der Waals surface area contributed by atoms with Crippen LogP contribution in [0.1, 0.15) is 61.4 Å². The molecule has 0 saturated heterocycles. The van der Waals surface area contributed by atoms with E-state index in [1.165, 1.54) is 6.07 Å². The monoisotopic (exact) mass is 627 g/mol. The van der Waals surface area contributed by atoms with Gasteiger partial charge in [0.1, 0.15) is 36.2 Å². The summed E-state index contributed by atoms with van der Waals surface area (Å²) in [5.41, 5.74) is 7.33. The molecule has 0 spiro atoms. The molecule has 1 aromatic rings. The quantitative estimate of drug-likeness (QED) is 0.172. The molecule has 11 nitrogen and oxygen atoms in total. The van der Waals surface area contributed by atoms with Crippen molar-refractivity contribution in [2.45, 2.75) is 82.3 Å². The average Bonchev–Trinajstić information content (AvgIpc) is 3.44. The van der Waals surface area contributed by atoms with Crippen molar-refractivity contribution in [1.82, 2.24) is 10.6 Å². The van der Waals surface area contributed by atoms with E-state index in [-0.39, 0.29) is 55.4 Å². The summed E-state index contributed by atoms with van der Waals surface area (Å²) in [5.74, 6) is -1.16. The Hall–Kier alpha value is -3.22. The van der Waals surface area contributed by atoms with E-state index in [1.54, 1.807) is 12.1 Å². The van der Waals surface area contributed by atoms with Gasteiger partial charge in [-0.2, -0.15) is 0 Å². The fourth-order valence-corrected chi connectivity index (χ4v) is 5.84. The first kappa shape index (κ1) is 34.6. The molecule has 0 aromatic heterocycles. The van der Waals surface area contributed by atoms with E-state index in [0.29, 0.717) is 44.6 Å². The summed E-state index contributed by atoms with van der Waals surface area (Å²) in [6.07, 6.45) is 11.2. The summed E-state index contributed by atoms with van der Waals surface area (Å²) < 4.78 is 24.1. The Morgan fingerprint density at radius 3 is 2.78 bits per heavy atom. The van der Waals surface area contributed by atoms with Gasteiger partial charge in [-0.15, -0.1) is 0 Å². The van der Waals surface area contributed by atoms with Crippen LogP contribution in [0.25, 0.3) is 0 Å². The molecule has 0 saturated carbocycles. The highest BCUT2D eigenvalue weighted by atomic mass is 16.6. The number of nitrogens with two attached hydrogens (primary N) is 1. The molecule has 0 radical (unpaired) electrons. The van der Waals surface area contributed by atoms with Gasteiger partial charge in [0.05, 0.1) is 18.7 Å². The number of rotatable bonds is 12. The molecule has 3 aliphatic rings. The second-order valence-corrected chi connectivity index (χ2v) is 11.7. The van der Waals surface area contributed by atoms with Gasteiger partial charge in [-0.3, -0.25) is 4.79 Å². The second kappa shape index (κ2) is 18.1. The first-order valence-electron chi connectivity index (χ1n) is 16.2. The number of benzene rings is 1. The fraction of sp³-hybridized carbons (Fsp3) is 0.588. The van der Waals surface area contributed by atoms with Crippen LogP contribution in [0.4, 0.5) is 0 Å². The number of aromatic hydroxyl groups is 1. The molecule has 1 aliphatic carbocycles. The number of amides is 1. The summed E-state index contributed by atoms with van der Waals surface area (Å²) in [6.45, 7) is 3.39. The molecule has 45 heavy (non-hydrogen) atoms. The highest BCUT2D eigenvalue weighted by Crippen LogP contribution is 2.29. The number of phenolic OH excluding ortho intramolecular Hbond substituents is 1. The van der Waals surface area contributed by atoms with E-state index in [1.807, 2.05) is 18.4 Å². The van der Waals surface area contributed by atoms with Crippen molar-refractivity contribution in [1.29, 1.82) is 0 Å². The maximum absolute atomic E-state index is 13.6. The smallest absolute Gasteiger partial charge is 0.342 e. The lowest BCUT2D eigenvalue weighted by atomic mass is 9.89. The molecule has 1 aromatic carbocycles. The van der Waals surface area contributed by atoms with Gasteiger partial charge in [-0.05, 0) is 62.1 Å². The molecule has 2 heterocycles. The predicted molar refractivity (Wildman–Crippen MR) is 170 cm³/mol. The Morgan fingerprint density at radius 2 is 1.96 bits per heavy atom. The Labute approximate surface area is 265 Å². The number of allylic oxidation sites excluding steroid dienone is 2. The zero-order chi connectivity index (χ0) is 32.0. The molecule has 1 amide bonds. The number of aliphatic hydroxyl groups excluding tert-OH is 1. The van der Waals surface area contributed by atoms with E-state index in [2.05, 4.69) is 29.7 Å². The number of fused-ring (bicyclic) bond motifs is 2. The lowest BCUT2D eigenvalue weighted by Crippen LogP contribution is -2.56. The molecule has 11 heteroatoms. The lowest BCUT2D eigenvalue weighted by molar-refractivity contribution is -0.148. The van der Waals surface area contributed by atoms with Crippen LogP contribution in [-0.2, 0) is 30.2 Å². The summed E-state index contributed by atoms with van der Waals surface area (Å²) in [7, 11) is 0. The number of nitrogens with one attached hydrogen (secondary N) is 2. The average molecular weight is 628 g/mol. The zero-order valence-corrected chi connectivity index (χ0v) is 26.2. The molecule has 248 valence electrons. The number of hydrogen-bond donors (Lipinski definition) is 5. The lowest BCUT2D eigenvalue weighted by Gasteiger charge is -2.35. The van der Waals surface area contributed by atoms with Gasteiger partial charge in [-0.1, -0.05) is 49.8 Å². The van der Waals surface area contributed by atoms with Crippen molar-refractivity contribution in [2.24, 2.45) is 11.7 Å². The molecule has 6 atom stereocenters. The van der Waals surface area contributed by atoms with Crippen molar-refractivity contribution in [3.63, 3.8) is 0 Å². The third-order valence-electron chi connectivity index (χ3n) is 8.33. The Kier molecular flexibility index (Phi) is 13.9. The van der Waals surface area contributed by atoms with Gasteiger partial charge in [0.25, 0.3) is 0 Å². The number of phenols is 1. The SMILES string of the molecule is CCCCO[C@@H]1COCCCc2cccc(O)c2C(=O)OC[C@H](NC(=O)CC2=CNC3C=CC=CC23)[C@@H](OCCCCN)[C@@H]1O. The van der Waals surface area contributed by atoms with Gasteiger partial charge in [-0.25, -0.2) is 4.79 Å². The third-order valence-corrected chi connectivity index (χ3v) is 8.33. The predicted octanol–water partition coefficient (Wildman–Crippen LogP) is 2.65. The number of aliphatic hydroxyl groups is 1. The summed E-state index contributed by atoms with van der Waals surface area (Å²) in [4.78, 5) is 27.0. The van der Waals surface area contributed by atoms with Crippen LogP contribution >= 0.6 is 0 Å². The van der Waals surface area contributed by atoms with Gasteiger partial charge in [0.15, 0.2) is 0 Å². The number of aryl methyl sites for hydroxylation is 1. The van der Waals surface area contributed by atoms with Crippen molar-refractivity contribution >= 4 is 11.9 Å². The largest absolute Gasteiger partial charge is 0.507 e. The first-order valence-corrected chi connectivity index (χ1v) is 16.2. The summed E-state index contributed by atoms with van der Waals surface area (Å²) >= 11 is 0. The van der Waals surface area contributed by atoms with E-state index in [9.17, 15) is 19.8 Å². The summed E-state index contributed by atoms with van der Waals surface area (Å²) in [5, 5.41) is 28.6. The number of carbonyl (C=O) groups is 2. The van der Waals surface area contributed by atoms with Crippen LogP contribution in [0.2, 0.25) is 0 Å². The standard InChI is InChI=1S/C34H49N3O8/c1-2-3-17-43-29-22-42-16-9-11-23-10-8-14-28(38)31(23)34(41)45-21-27(33(32(29)40)44-18-7-6-15-35)37-30(39)19-24-20-36-26-13-5-4-12-25(24)26/h4-5,8,10,12-14,20,25-27,29,32-33,36,38,40H,2-3,6-7,9,11,15-19,21-22,35H2,1H3,(H,37,39)/t25?,26?,27-,29+,32+,33+/m0/s1. The van der Waals surface area contributed by atoms with Crippen LogP contribution < -0.4 is 16.4 Å². The number of ether oxygens (including phenoxy) is 4. The van der Waals surface area contributed by atoms with Gasteiger partial charge >= 0.3 is 5.97 Å². The van der Waals surface area contributed by atoms with E-state index < -0.39 is 30.3 Å². The van der Waals surface area contributed by atoms with Gasteiger partial charge < -0.3 is 45.5 Å². The highest BCUT2D eigenvalue weighted by Gasteiger charge is 2.38. The van der Waals surface area contributed by atoms with Crippen molar-refractivity contribution < 1.29 is 38.7 Å². The van der Waals surface area contributed by atoms with Crippen molar-refractivity contribution in [3.05, 3.63) is 65.4 Å². The molecule has 0 fully saturated rings. The normalized spacial score (nSPS) is 27.0. The Bertz CT molecular complexity index is 1200. The molecular weight excluding hydrogens is 578 g/mol. The number of carbonyl (C=O) groups excluding carboxylic acids is 2. The van der Waals surface area contributed by atoms with E-state index in [0.717, 1.165) is 24.8 Å². The maximum atomic E-state index is 13.6. The third kappa shape index (κ3) is 9.88. The van der Waals surface area contributed by atoms with E-state index in [4.69, 9.17) is 24.7 Å². The molecular formula is C34H49N3O8. The van der Waals surface area contributed by atoms with Crippen molar-refractivity contribution in [2.75, 3.05) is 39.6 Å². The Balaban J connectivity index is 1.61. The number of cyclic esters (lactones) is 1. The molecule has 2 aliphatic heterocycles. The van der Waals surface area contributed by atoms with Crippen LogP contribution in [0.3, 0.4) is 0 Å².